The van der Waals surface area contributed by atoms with E-state index in [1.165, 1.54) is 29.8 Å². The first-order chi connectivity index (χ1) is 17.1. The van der Waals surface area contributed by atoms with Crippen LogP contribution in [0.2, 0.25) is 0 Å². The van der Waals surface area contributed by atoms with Gasteiger partial charge in [-0.25, -0.2) is 19.3 Å². The van der Waals surface area contributed by atoms with E-state index < -0.39 is 6.55 Å². The molecule has 2 aromatic carbocycles. The molecule has 1 saturated heterocycles. The van der Waals surface area contributed by atoms with E-state index in [1.807, 2.05) is 16.3 Å². The van der Waals surface area contributed by atoms with E-state index in [1.54, 1.807) is 30.3 Å². The smallest absolute Gasteiger partial charge is 0.321 e. The second-order valence-electron chi connectivity index (χ2n) is 8.51. The zero-order valence-electron chi connectivity index (χ0n) is 18.5. The molecule has 1 fully saturated rings. The lowest BCUT2D eigenvalue weighted by Crippen LogP contribution is -2.40. The molecular weight excluding hydrogens is 473 g/mol. The Morgan fingerprint density at radius 2 is 1.86 bits per heavy atom. The molecule has 0 spiro atoms. The number of aromatic nitrogens is 4. The summed E-state index contributed by atoms with van der Waals surface area (Å²) in [5.41, 5.74) is 3.43. The minimum Gasteiger partial charge on any atom is -0.366 e. The Hall–Kier alpha value is -3.66. The highest BCUT2D eigenvalue weighted by Gasteiger charge is 2.27. The number of piperidine rings is 1. The topological polar surface area (TPSA) is 58.9 Å². The quantitative estimate of drug-likeness (QED) is 0.310. The lowest BCUT2D eigenvalue weighted by Gasteiger charge is -2.33. The number of para-hydroxylation sites is 2. The highest BCUT2D eigenvalue weighted by atomic mass is 32.1. The Morgan fingerprint density at radius 3 is 2.66 bits per heavy atom. The number of fused-ring (bicyclic) bond motifs is 2. The van der Waals surface area contributed by atoms with Gasteiger partial charge in [-0.2, -0.15) is 8.78 Å². The van der Waals surface area contributed by atoms with Gasteiger partial charge in [-0.1, -0.05) is 24.3 Å². The maximum Gasteiger partial charge on any atom is 0.321 e. The lowest BCUT2D eigenvalue weighted by molar-refractivity contribution is 0.0757. The molecule has 10 heteroatoms. The van der Waals surface area contributed by atoms with E-state index in [4.69, 9.17) is 0 Å². The van der Waals surface area contributed by atoms with Gasteiger partial charge in [0.2, 0.25) is 5.95 Å². The van der Waals surface area contributed by atoms with Crippen molar-refractivity contribution < 1.29 is 13.2 Å². The molecule has 0 unspecified atom stereocenters. The second-order valence-corrected chi connectivity index (χ2v) is 9.39. The van der Waals surface area contributed by atoms with E-state index in [-0.39, 0.29) is 11.9 Å². The largest absolute Gasteiger partial charge is 0.366 e. The summed E-state index contributed by atoms with van der Waals surface area (Å²) >= 11 is 1.52. The first-order valence-corrected chi connectivity index (χ1v) is 12.2. The highest BCUT2D eigenvalue weighted by Crippen LogP contribution is 2.37. The molecule has 0 saturated carbocycles. The zero-order chi connectivity index (χ0) is 23.9. The van der Waals surface area contributed by atoms with Gasteiger partial charge in [-0.15, -0.1) is 11.3 Å². The predicted molar refractivity (Wildman–Crippen MR) is 133 cm³/mol. The second kappa shape index (κ2) is 8.84. The molecule has 1 N–H and O–H groups in total. The number of nitrogens with one attached hydrogen (secondary N) is 1. The summed E-state index contributed by atoms with van der Waals surface area (Å²) in [7, 11) is 0. The van der Waals surface area contributed by atoms with Gasteiger partial charge in [0.05, 0.1) is 21.3 Å². The monoisotopic (exact) mass is 494 g/mol. The van der Waals surface area contributed by atoms with Gasteiger partial charge in [0.15, 0.2) is 0 Å². The first-order valence-electron chi connectivity index (χ1n) is 11.3. The van der Waals surface area contributed by atoms with Gasteiger partial charge in [0.25, 0.3) is 0 Å². The average molecular weight is 495 g/mol. The van der Waals surface area contributed by atoms with Crippen LogP contribution in [0.4, 0.5) is 24.9 Å². The molecule has 0 bridgehead atoms. The number of anilines is 2. The van der Waals surface area contributed by atoms with E-state index in [2.05, 4.69) is 20.3 Å². The number of hydrogen-bond donors (Lipinski definition) is 1. The number of nitrogens with zero attached hydrogens (tertiary/aromatic N) is 5. The third-order valence-corrected chi connectivity index (χ3v) is 7.36. The minimum atomic E-state index is -2.66. The van der Waals surface area contributed by atoms with E-state index in [9.17, 15) is 13.2 Å². The maximum absolute atomic E-state index is 13.9. The highest BCUT2D eigenvalue weighted by molar-refractivity contribution is 7.18. The Morgan fingerprint density at radius 1 is 1.03 bits per heavy atom. The predicted octanol–water partition coefficient (Wildman–Crippen LogP) is 6.32. The summed E-state index contributed by atoms with van der Waals surface area (Å²) in [6, 6.07) is 13.6. The van der Waals surface area contributed by atoms with Crippen molar-refractivity contribution in [1.82, 2.24) is 19.5 Å². The van der Waals surface area contributed by atoms with Gasteiger partial charge in [0, 0.05) is 30.1 Å². The van der Waals surface area contributed by atoms with Crippen LogP contribution >= 0.6 is 11.3 Å². The molecule has 35 heavy (non-hydrogen) atoms. The van der Waals surface area contributed by atoms with Crippen molar-refractivity contribution in [3.05, 3.63) is 66.1 Å². The van der Waals surface area contributed by atoms with Crippen LogP contribution < -0.4 is 10.2 Å². The molecule has 178 valence electrons. The van der Waals surface area contributed by atoms with Crippen molar-refractivity contribution in [2.45, 2.75) is 25.4 Å². The molecule has 0 radical (unpaired) electrons. The maximum atomic E-state index is 13.9. The van der Waals surface area contributed by atoms with E-state index in [0.29, 0.717) is 30.1 Å². The number of hydrogen-bond acceptors (Lipinski definition) is 6. The van der Waals surface area contributed by atoms with Crippen molar-refractivity contribution in [2.24, 2.45) is 0 Å². The summed E-state index contributed by atoms with van der Waals surface area (Å²) in [6.45, 7) is -1.46. The Bertz CT molecular complexity index is 1510. The van der Waals surface area contributed by atoms with Crippen LogP contribution in [0, 0.1) is 5.82 Å². The first kappa shape index (κ1) is 21.8. The fourth-order valence-electron chi connectivity index (χ4n) is 4.68. The molecule has 6 rings (SSSR count). The van der Waals surface area contributed by atoms with Gasteiger partial charge in [0.1, 0.15) is 18.0 Å². The zero-order valence-corrected chi connectivity index (χ0v) is 19.4. The Kier molecular flexibility index (Phi) is 5.52. The Balaban J connectivity index is 1.21. The molecule has 6 nitrogen and oxygen atoms in total. The number of rotatable bonds is 5. The molecule has 4 heterocycles. The van der Waals surface area contributed by atoms with Crippen molar-refractivity contribution in [3.8, 4) is 11.1 Å². The van der Waals surface area contributed by atoms with Crippen LogP contribution in [-0.4, -0.2) is 38.7 Å². The van der Waals surface area contributed by atoms with Crippen LogP contribution in [-0.2, 0) is 0 Å². The third-order valence-electron chi connectivity index (χ3n) is 6.38. The standard InChI is InChI=1S/C25H21F3N6S/c26-16-5-3-4-15(12-16)18-13-35-22-21(18)29-14-30-23(22)31-17-8-10-33(11-9-17)25-32-19-6-1-2-7-20(19)34(25)24(27)28/h1-7,12-14,17,24H,8-11H2,(H,29,30,31). The van der Waals surface area contributed by atoms with Crippen LogP contribution in [0.15, 0.2) is 60.2 Å². The van der Waals surface area contributed by atoms with Crippen molar-refractivity contribution in [2.75, 3.05) is 23.3 Å². The molecular formula is C25H21F3N6S. The van der Waals surface area contributed by atoms with Gasteiger partial charge in [-0.3, -0.25) is 4.57 Å². The normalized spacial score (nSPS) is 14.9. The number of halogens is 3. The SMILES string of the molecule is Fc1cccc(-c2csc3c(NC4CCN(c5nc6ccccc6n5C(F)F)CC4)ncnc23)c1. The number of alkyl halides is 2. The van der Waals surface area contributed by atoms with Crippen LogP contribution in [0.25, 0.3) is 32.4 Å². The number of thiophene rings is 1. The molecule has 3 aromatic heterocycles. The van der Waals surface area contributed by atoms with Gasteiger partial charge < -0.3 is 10.2 Å². The van der Waals surface area contributed by atoms with Crippen LogP contribution in [0.1, 0.15) is 19.4 Å². The van der Waals surface area contributed by atoms with Crippen molar-refractivity contribution >= 4 is 44.4 Å². The van der Waals surface area contributed by atoms with Gasteiger partial charge >= 0.3 is 6.55 Å². The molecule has 5 aromatic rings. The molecule has 0 amide bonds. The summed E-state index contributed by atoms with van der Waals surface area (Å²) in [6.07, 6.45) is 3.01. The Labute approximate surface area is 203 Å². The van der Waals surface area contributed by atoms with Gasteiger partial charge in [-0.05, 0) is 42.7 Å². The molecule has 0 atom stereocenters. The van der Waals surface area contributed by atoms with Crippen LogP contribution in [0.3, 0.4) is 0 Å². The van der Waals surface area contributed by atoms with Crippen LogP contribution in [0.5, 0.6) is 0 Å². The van der Waals surface area contributed by atoms with Crippen molar-refractivity contribution in [3.63, 3.8) is 0 Å². The number of benzene rings is 2. The fraction of sp³-hybridized carbons (Fsp3) is 0.240. The number of imidazole rings is 1. The summed E-state index contributed by atoms with van der Waals surface area (Å²) in [5.74, 6) is 0.754. The minimum absolute atomic E-state index is 0.133. The van der Waals surface area contributed by atoms with E-state index >= 15 is 0 Å². The third kappa shape index (κ3) is 3.97. The average Bonchev–Trinajstić information content (AvgIpc) is 3.47. The van der Waals surface area contributed by atoms with E-state index in [0.717, 1.165) is 44.6 Å². The molecule has 1 aliphatic rings. The van der Waals surface area contributed by atoms with Crippen molar-refractivity contribution in [1.29, 1.82) is 0 Å². The molecule has 0 aliphatic carbocycles. The molecule has 1 aliphatic heterocycles. The fourth-order valence-corrected chi connectivity index (χ4v) is 5.66. The lowest BCUT2D eigenvalue weighted by atomic mass is 10.1. The summed E-state index contributed by atoms with van der Waals surface area (Å²) in [4.78, 5) is 15.3. The summed E-state index contributed by atoms with van der Waals surface area (Å²) in [5, 5.41) is 5.49. The summed E-state index contributed by atoms with van der Waals surface area (Å²) < 4.78 is 43.4.